The zero-order valence-corrected chi connectivity index (χ0v) is 10.2. The van der Waals surface area contributed by atoms with Gasteiger partial charge in [-0.15, -0.1) is 0 Å². The lowest BCUT2D eigenvalue weighted by Crippen LogP contribution is -2.41. The SMILES string of the molecule is CC(O)C(C)NC(=O)COCc1ccccc1. The van der Waals surface area contributed by atoms with E-state index in [1.54, 1.807) is 13.8 Å². The van der Waals surface area contributed by atoms with Crippen LogP contribution >= 0.6 is 0 Å². The minimum Gasteiger partial charge on any atom is -0.391 e. The summed E-state index contributed by atoms with van der Waals surface area (Å²) in [7, 11) is 0. The van der Waals surface area contributed by atoms with Gasteiger partial charge in [0.15, 0.2) is 0 Å². The normalized spacial score (nSPS) is 14.1. The summed E-state index contributed by atoms with van der Waals surface area (Å²) in [5, 5.41) is 11.9. The zero-order chi connectivity index (χ0) is 12.7. The molecule has 1 aromatic rings. The second kappa shape index (κ2) is 7.04. The molecule has 1 aromatic carbocycles. The van der Waals surface area contributed by atoms with Gasteiger partial charge in [-0.2, -0.15) is 0 Å². The van der Waals surface area contributed by atoms with Gasteiger partial charge >= 0.3 is 0 Å². The van der Waals surface area contributed by atoms with Crippen molar-refractivity contribution in [2.24, 2.45) is 0 Å². The third kappa shape index (κ3) is 5.47. The topological polar surface area (TPSA) is 58.6 Å². The summed E-state index contributed by atoms with van der Waals surface area (Å²) in [5.41, 5.74) is 1.03. The molecule has 0 aliphatic heterocycles. The van der Waals surface area contributed by atoms with Crippen molar-refractivity contribution < 1.29 is 14.6 Å². The van der Waals surface area contributed by atoms with E-state index in [1.807, 2.05) is 30.3 Å². The third-order valence-electron chi connectivity index (χ3n) is 2.46. The van der Waals surface area contributed by atoms with Crippen LogP contribution in [0, 0.1) is 0 Å². The first-order chi connectivity index (χ1) is 8.09. The second-order valence-corrected chi connectivity index (χ2v) is 4.08. The molecular weight excluding hydrogens is 218 g/mol. The van der Waals surface area contributed by atoms with Crippen LogP contribution in [-0.2, 0) is 16.1 Å². The second-order valence-electron chi connectivity index (χ2n) is 4.08. The van der Waals surface area contributed by atoms with Gasteiger partial charge in [0, 0.05) is 0 Å². The molecule has 0 bridgehead atoms. The maximum Gasteiger partial charge on any atom is 0.246 e. The highest BCUT2D eigenvalue weighted by Gasteiger charge is 2.11. The molecule has 0 saturated carbocycles. The molecule has 4 nitrogen and oxygen atoms in total. The lowest BCUT2D eigenvalue weighted by molar-refractivity contribution is -0.127. The Labute approximate surface area is 102 Å². The Kier molecular flexibility index (Phi) is 5.66. The van der Waals surface area contributed by atoms with Gasteiger partial charge in [0.05, 0.1) is 18.8 Å². The third-order valence-corrected chi connectivity index (χ3v) is 2.46. The van der Waals surface area contributed by atoms with Crippen LogP contribution in [-0.4, -0.2) is 29.8 Å². The summed E-state index contributed by atoms with van der Waals surface area (Å²) in [5.74, 6) is -0.214. The first-order valence-corrected chi connectivity index (χ1v) is 5.68. The van der Waals surface area contributed by atoms with E-state index in [2.05, 4.69) is 5.32 Å². The van der Waals surface area contributed by atoms with Crippen LogP contribution in [0.2, 0.25) is 0 Å². The van der Waals surface area contributed by atoms with E-state index in [0.717, 1.165) is 5.56 Å². The van der Waals surface area contributed by atoms with Crippen molar-refractivity contribution in [3.05, 3.63) is 35.9 Å². The van der Waals surface area contributed by atoms with Crippen LogP contribution in [0.5, 0.6) is 0 Å². The summed E-state index contributed by atoms with van der Waals surface area (Å²) in [6.45, 7) is 3.80. The minimum absolute atomic E-state index is 0.00591. The molecule has 0 aliphatic rings. The number of ether oxygens (including phenoxy) is 1. The summed E-state index contributed by atoms with van der Waals surface area (Å²) in [6, 6.07) is 9.40. The maximum atomic E-state index is 11.4. The van der Waals surface area contributed by atoms with Crippen molar-refractivity contribution in [3.8, 4) is 0 Å². The number of hydrogen-bond donors (Lipinski definition) is 2. The van der Waals surface area contributed by atoms with Crippen molar-refractivity contribution >= 4 is 5.91 Å². The van der Waals surface area contributed by atoms with E-state index in [1.165, 1.54) is 0 Å². The number of amides is 1. The Balaban J connectivity index is 2.21. The van der Waals surface area contributed by atoms with E-state index in [-0.39, 0.29) is 18.6 Å². The molecular formula is C13H19NO3. The Bertz CT molecular complexity index is 338. The highest BCUT2D eigenvalue weighted by molar-refractivity contribution is 5.77. The van der Waals surface area contributed by atoms with Gasteiger partial charge in [-0.1, -0.05) is 30.3 Å². The van der Waals surface area contributed by atoms with Crippen LogP contribution < -0.4 is 5.32 Å². The van der Waals surface area contributed by atoms with E-state index in [4.69, 9.17) is 4.74 Å². The van der Waals surface area contributed by atoms with Crippen molar-refractivity contribution in [3.63, 3.8) is 0 Å². The maximum absolute atomic E-state index is 11.4. The molecule has 0 spiro atoms. The van der Waals surface area contributed by atoms with Crippen molar-refractivity contribution in [2.45, 2.75) is 32.6 Å². The summed E-state index contributed by atoms with van der Waals surface area (Å²) in [6.07, 6.45) is -0.562. The lowest BCUT2D eigenvalue weighted by Gasteiger charge is -2.16. The Morgan fingerprint density at radius 3 is 2.59 bits per heavy atom. The molecule has 17 heavy (non-hydrogen) atoms. The fourth-order valence-electron chi connectivity index (χ4n) is 1.25. The number of carbonyl (C=O) groups is 1. The Hall–Kier alpha value is -1.39. The molecule has 0 aliphatic carbocycles. The number of aliphatic hydroxyl groups excluding tert-OH is 1. The quantitative estimate of drug-likeness (QED) is 0.778. The average molecular weight is 237 g/mol. The largest absolute Gasteiger partial charge is 0.391 e. The van der Waals surface area contributed by atoms with Crippen molar-refractivity contribution in [1.82, 2.24) is 5.32 Å². The van der Waals surface area contributed by atoms with E-state index in [0.29, 0.717) is 6.61 Å². The summed E-state index contributed by atoms with van der Waals surface area (Å²) in [4.78, 5) is 11.4. The molecule has 2 N–H and O–H groups in total. The average Bonchev–Trinajstić information content (AvgIpc) is 2.30. The fraction of sp³-hybridized carbons (Fsp3) is 0.462. The predicted octanol–water partition coefficient (Wildman–Crippen LogP) is 1.09. The molecule has 1 amide bonds. The highest BCUT2D eigenvalue weighted by Crippen LogP contribution is 2.00. The van der Waals surface area contributed by atoms with E-state index in [9.17, 15) is 9.90 Å². The smallest absolute Gasteiger partial charge is 0.246 e. The fourth-order valence-corrected chi connectivity index (χ4v) is 1.25. The minimum atomic E-state index is -0.562. The number of hydrogen-bond acceptors (Lipinski definition) is 3. The Morgan fingerprint density at radius 2 is 2.00 bits per heavy atom. The molecule has 1 rings (SSSR count). The van der Waals surface area contributed by atoms with Gasteiger partial charge in [0.25, 0.3) is 0 Å². The number of rotatable bonds is 6. The first-order valence-electron chi connectivity index (χ1n) is 5.68. The van der Waals surface area contributed by atoms with Gasteiger partial charge in [-0.25, -0.2) is 0 Å². The van der Waals surface area contributed by atoms with Crippen LogP contribution in [0.25, 0.3) is 0 Å². The zero-order valence-electron chi connectivity index (χ0n) is 10.2. The molecule has 0 aromatic heterocycles. The van der Waals surface area contributed by atoms with Gasteiger partial charge < -0.3 is 15.2 Å². The standard InChI is InChI=1S/C13H19NO3/c1-10(11(2)15)14-13(16)9-17-8-12-6-4-3-5-7-12/h3-7,10-11,15H,8-9H2,1-2H3,(H,14,16). The number of aliphatic hydroxyl groups is 1. The molecule has 0 fully saturated rings. The van der Waals surface area contributed by atoms with Crippen molar-refractivity contribution in [2.75, 3.05) is 6.61 Å². The lowest BCUT2D eigenvalue weighted by atomic mass is 10.2. The number of benzene rings is 1. The van der Waals surface area contributed by atoms with Crippen LogP contribution in [0.15, 0.2) is 30.3 Å². The van der Waals surface area contributed by atoms with Crippen LogP contribution in [0.4, 0.5) is 0 Å². The monoisotopic (exact) mass is 237 g/mol. The van der Waals surface area contributed by atoms with Crippen LogP contribution in [0.3, 0.4) is 0 Å². The van der Waals surface area contributed by atoms with Gasteiger partial charge in [-0.3, -0.25) is 4.79 Å². The molecule has 2 unspecified atom stereocenters. The number of carbonyl (C=O) groups excluding carboxylic acids is 1. The molecule has 2 atom stereocenters. The van der Waals surface area contributed by atoms with Gasteiger partial charge in [0.2, 0.25) is 5.91 Å². The Morgan fingerprint density at radius 1 is 1.35 bits per heavy atom. The highest BCUT2D eigenvalue weighted by atomic mass is 16.5. The molecule has 0 radical (unpaired) electrons. The summed E-state index contributed by atoms with van der Waals surface area (Å²) < 4.78 is 5.27. The molecule has 0 heterocycles. The van der Waals surface area contributed by atoms with Crippen molar-refractivity contribution in [1.29, 1.82) is 0 Å². The summed E-state index contributed by atoms with van der Waals surface area (Å²) >= 11 is 0. The molecule has 94 valence electrons. The van der Waals surface area contributed by atoms with E-state index >= 15 is 0 Å². The van der Waals surface area contributed by atoms with Crippen LogP contribution in [0.1, 0.15) is 19.4 Å². The van der Waals surface area contributed by atoms with Gasteiger partial charge in [-0.05, 0) is 19.4 Å². The first kappa shape index (κ1) is 13.7. The molecule has 4 heteroatoms. The predicted molar refractivity (Wildman–Crippen MR) is 65.4 cm³/mol. The van der Waals surface area contributed by atoms with Gasteiger partial charge in [0.1, 0.15) is 6.61 Å². The molecule has 0 saturated heterocycles. The van der Waals surface area contributed by atoms with E-state index < -0.39 is 6.10 Å². The number of nitrogens with one attached hydrogen (secondary N) is 1.